The maximum atomic E-state index is 5.89. The molecule has 0 radical (unpaired) electrons. The molecule has 0 fully saturated rings. The van der Waals surface area contributed by atoms with Crippen LogP contribution in [0.2, 0.25) is 5.15 Å². The van der Waals surface area contributed by atoms with E-state index in [2.05, 4.69) is 21.5 Å². The molecule has 0 spiro atoms. The fourth-order valence-electron chi connectivity index (χ4n) is 1.09. The molecule has 0 unspecified atom stereocenters. The summed E-state index contributed by atoms with van der Waals surface area (Å²) in [6.07, 6.45) is 2.06. The molecule has 1 aromatic rings. The van der Waals surface area contributed by atoms with Gasteiger partial charge in [0, 0.05) is 25.0 Å². The van der Waals surface area contributed by atoms with Gasteiger partial charge in [0.05, 0.1) is 0 Å². The summed E-state index contributed by atoms with van der Waals surface area (Å²) in [4.78, 5) is 8.39. The van der Waals surface area contributed by atoms with E-state index in [-0.39, 0.29) is 0 Å². The molecule has 0 amide bonds. The Bertz CT molecular complexity index is 325. The van der Waals surface area contributed by atoms with Crippen LogP contribution in [0.4, 0.5) is 5.82 Å². The lowest BCUT2D eigenvalue weighted by molar-refractivity contribution is 0.128. The Morgan fingerprint density at radius 3 is 3.00 bits per heavy atom. The lowest BCUT2D eigenvalue weighted by Gasteiger charge is -2.07. The second-order valence-corrected chi connectivity index (χ2v) is 4.42. The van der Waals surface area contributed by atoms with Crippen LogP contribution < -0.4 is 5.32 Å². The van der Waals surface area contributed by atoms with E-state index in [1.807, 2.05) is 6.92 Å². The maximum absolute atomic E-state index is 5.89. The number of thioether (sulfide) groups is 1. The smallest absolute Gasteiger partial charge is 0.158 e. The van der Waals surface area contributed by atoms with Crippen molar-refractivity contribution in [3.05, 3.63) is 17.0 Å². The first-order chi connectivity index (χ1) is 7.76. The third-order valence-corrected chi connectivity index (χ3v) is 2.59. The molecule has 0 aliphatic rings. The monoisotopic (exact) mass is 261 g/mol. The molecule has 90 valence electrons. The van der Waals surface area contributed by atoms with Crippen molar-refractivity contribution in [2.75, 3.05) is 30.5 Å². The fraction of sp³-hybridized carbons (Fsp3) is 0.600. The minimum absolute atomic E-state index is 0.397. The molecule has 1 rings (SSSR count). The molecule has 1 aromatic heterocycles. The summed E-state index contributed by atoms with van der Waals surface area (Å²) in [5, 5.41) is 3.63. The van der Waals surface area contributed by atoms with Gasteiger partial charge in [-0.15, -0.1) is 0 Å². The Balaban J connectivity index is 2.58. The van der Waals surface area contributed by atoms with Gasteiger partial charge in [-0.2, -0.15) is 11.8 Å². The summed E-state index contributed by atoms with van der Waals surface area (Å²) >= 11 is 7.67. The molecule has 6 heteroatoms. The van der Waals surface area contributed by atoms with Crippen molar-refractivity contribution in [3.8, 4) is 0 Å². The molecule has 16 heavy (non-hydrogen) atoms. The van der Waals surface area contributed by atoms with Crippen LogP contribution in [0.3, 0.4) is 0 Å². The van der Waals surface area contributed by atoms with Crippen LogP contribution in [0.15, 0.2) is 6.07 Å². The summed E-state index contributed by atoms with van der Waals surface area (Å²) in [6, 6.07) is 1.72. The first-order valence-electron chi connectivity index (χ1n) is 5.10. The van der Waals surface area contributed by atoms with Crippen LogP contribution in [0.1, 0.15) is 12.7 Å². The average molecular weight is 262 g/mol. The molecule has 1 N–H and O–H groups in total. The van der Waals surface area contributed by atoms with Crippen molar-refractivity contribution in [2.24, 2.45) is 0 Å². The Morgan fingerprint density at radius 2 is 2.31 bits per heavy atom. The van der Waals surface area contributed by atoms with Crippen LogP contribution in [-0.4, -0.2) is 35.1 Å². The number of ether oxygens (including phenoxy) is 1. The van der Waals surface area contributed by atoms with Crippen LogP contribution in [0, 0.1) is 0 Å². The standard InChI is InChI=1S/C10H16ClN3OS/c1-3-15-7-10-13-8(11)6-9(14-10)12-4-5-16-2/h6H,3-5,7H2,1-2H3,(H,12,13,14). The number of nitrogens with zero attached hydrogens (tertiary/aromatic N) is 2. The molecule has 0 aliphatic heterocycles. The normalized spacial score (nSPS) is 10.4. The number of hydrogen-bond acceptors (Lipinski definition) is 5. The molecule has 0 aliphatic carbocycles. The van der Waals surface area contributed by atoms with Gasteiger partial charge in [0.25, 0.3) is 0 Å². The lowest BCUT2D eigenvalue weighted by Crippen LogP contribution is -2.08. The zero-order valence-electron chi connectivity index (χ0n) is 9.49. The van der Waals surface area contributed by atoms with Gasteiger partial charge < -0.3 is 10.1 Å². The molecule has 0 saturated heterocycles. The Morgan fingerprint density at radius 1 is 1.50 bits per heavy atom. The fourth-order valence-corrected chi connectivity index (χ4v) is 1.60. The van der Waals surface area contributed by atoms with Gasteiger partial charge in [-0.3, -0.25) is 0 Å². The van der Waals surface area contributed by atoms with E-state index in [1.54, 1.807) is 17.8 Å². The second-order valence-electron chi connectivity index (χ2n) is 3.05. The van der Waals surface area contributed by atoms with Gasteiger partial charge in [-0.05, 0) is 13.2 Å². The van der Waals surface area contributed by atoms with E-state index < -0.39 is 0 Å². The molecular weight excluding hydrogens is 246 g/mol. The van der Waals surface area contributed by atoms with Crippen LogP contribution >= 0.6 is 23.4 Å². The van der Waals surface area contributed by atoms with Crippen molar-refractivity contribution in [2.45, 2.75) is 13.5 Å². The second kappa shape index (κ2) is 7.70. The average Bonchev–Trinajstić information content (AvgIpc) is 2.26. The predicted molar refractivity (Wildman–Crippen MR) is 69.2 cm³/mol. The molecular formula is C10H16ClN3OS. The quantitative estimate of drug-likeness (QED) is 0.603. The molecule has 0 aromatic carbocycles. The highest BCUT2D eigenvalue weighted by Gasteiger charge is 2.02. The van der Waals surface area contributed by atoms with Crippen molar-refractivity contribution in [1.82, 2.24) is 9.97 Å². The summed E-state index contributed by atoms with van der Waals surface area (Å²) in [7, 11) is 0. The van der Waals surface area contributed by atoms with Gasteiger partial charge >= 0.3 is 0 Å². The van der Waals surface area contributed by atoms with Crippen molar-refractivity contribution < 1.29 is 4.74 Å². The first-order valence-corrected chi connectivity index (χ1v) is 6.87. The molecule has 0 saturated carbocycles. The highest BCUT2D eigenvalue weighted by molar-refractivity contribution is 7.98. The van der Waals surface area contributed by atoms with E-state index in [0.717, 1.165) is 18.1 Å². The molecule has 4 nitrogen and oxygen atoms in total. The molecule has 0 atom stereocenters. The number of anilines is 1. The van der Waals surface area contributed by atoms with Crippen molar-refractivity contribution in [1.29, 1.82) is 0 Å². The van der Waals surface area contributed by atoms with E-state index in [1.165, 1.54) is 0 Å². The zero-order valence-corrected chi connectivity index (χ0v) is 11.1. The third kappa shape index (κ3) is 5.01. The summed E-state index contributed by atoms with van der Waals surface area (Å²) in [5.41, 5.74) is 0. The van der Waals surface area contributed by atoms with Crippen LogP contribution in [-0.2, 0) is 11.3 Å². The van der Waals surface area contributed by atoms with E-state index in [0.29, 0.717) is 24.2 Å². The highest BCUT2D eigenvalue weighted by atomic mass is 35.5. The van der Waals surface area contributed by atoms with Gasteiger partial charge in [0.2, 0.25) is 0 Å². The third-order valence-electron chi connectivity index (χ3n) is 1.79. The lowest BCUT2D eigenvalue weighted by atomic mass is 10.5. The highest BCUT2D eigenvalue weighted by Crippen LogP contribution is 2.12. The van der Waals surface area contributed by atoms with E-state index in [9.17, 15) is 0 Å². The maximum Gasteiger partial charge on any atom is 0.158 e. The van der Waals surface area contributed by atoms with Crippen molar-refractivity contribution >= 4 is 29.2 Å². The minimum Gasteiger partial charge on any atom is -0.374 e. The van der Waals surface area contributed by atoms with Crippen molar-refractivity contribution in [3.63, 3.8) is 0 Å². The minimum atomic E-state index is 0.397. The number of halogens is 1. The molecule has 0 bridgehead atoms. The van der Waals surface area contributed by atoms with Crippen LogP contribution in [0.25, 0.3) is 0 Å². The van der Waals surface area contributed by atoms with E-state index >= 15 is 0 Å². The van der Waals surface area contributed by atoms with Gasteiger partial charge in [-0.1, -0.05) is 11.6 Å². The largest absolute Gasteiger partial charge is 0.374 e. The van der Waals surface area contributed by atoms with Gasteiger partial charge in [0.15, 0.2) is 5.82 Å². The topological polar surface area (TPSA) is 47.0 Å². The number of nitrogens with one attached hydrogen (secondary N) is 1. The Hall–Kier alpha value is -0.520. The SMILES string of the molecule is CCOCc1nc(Cl)cc(NCCSC)n1. The first kappa shape index (κ1) is 13.5. The molecule has 1 heterocycles. The summed E-state index contributed by atoms with van der Waals surface area (Å²) in [5.74, 6) is 2.40. The Labute approximate surface area is 105 Å². The summed E-state index contributed by atoms with van der Waals surface area (Å²) in [6.45, 7) is 3.84. The predicted octanol–water partition coefficient (Wildman–Crippen LogP) is 2.44. The number of hydrogen-bond donors (Lipinski definition) is 1. The summed E-state index contributed by atoms with van der Waals surface area (Å²) < 4.78 is 5.24. The van der Waals surface area contributed by atoms with Crippen LogP contribution in [0.5, 0.6) is 0 Å². The number of rotatable bonds is 7. The van der Waals surface area contributed by atoms with Gasteiger partial charge in [-0.25, -0.2) is 9.97 Å². The Kier molecular flexibility index (Phi) is 6.52. The van der Waals surface area contributed by atoms with E-state index in [4.69, 9.17) is 16.3 Å². The number of aromatic nitrogens is 2. The van der Waals surface area contributed by atoms with Gasteiger partial charge in [0.1, 0.15) is 17.6 Å². The zero-order chi connectivity index (χ0) is 11.8.